The van der Waals surface area contributed by atoms with Crippen molar-refractivity contribution in [3.8, 4) is 0 Å². The Labute approximate surface area is 256 Å². The summed E-state index contributed by atoms with van der Waals surface area (Å²) in [6, 6.07) is 4.82. The first-order valence-corrected chi connectivity index (χ1v) is 16.8. The second-order valence-electron chi connectivity index (χ2n) is 11.3. The van der Waals surface area contributed by atoms with Gasteiger partial charge in [0.1, 0.15) is 0 Å². The smallest absolute Gasteiger partial charge is 0.251 e. The lowest BCUT2D eigenvalue weighted by Gasteiger charge is -2.12. The Hall–Kier alpha value is -2.89. The molecule has 1 rings (SSSR count). The lowest BCUT2D eigenvalue weighted by atomic mass is 10.0. The van der Waals surface area contributed by atoms with E-state index in [0.717, 1.165) is 57.8 Å². The summed E-state index contributed by atoms with van der Waals surface area (Å²) in [5.74, 6) is -0.738. The molecule has 0 fully saturated rings. The van der Waals surface area contributed by atoms with Crippen molar-refractivity contribution in [3.05, 3.63) is 59.2 Å². The van der Waals surface area contributed by atoms with Crippen molar-refractivity contribution in [3.63, 3.8) is 0 Å². The average Bonchev–Trinajstić information content (AvgIpc) is 3.00. The van der Waals surface area contributed by atoms with Crippen LogP contribution in [0.25, 0.3) is 0 Å². The van der Waals surface area contributed by atoms with Gasteiger partial charge in [0, 0.05) is 36.3 Å². The lowest BCUT2D eigenvalue weighted by Crippen LogP contribution is -2.29. The van der Waals surface area contributed by atoms with Gasteiger partial charge >= 0.3 is 0 Å². The van der Waals surface area contributed by atoms with E-state index in [4.69, 9.17) is 0 Å². The summed E-state index contributed by atoms with van der Waals surface area (Å²) in [4.78, 5) is 39.0. The van der Waals surface area contributed by atoms with Gasteiger partial charge in [-0.1, -0.05) is 115 Å². The van der Waals surface area contributed by atoms with Gasteiger partial charge in [-0.2, -0.15) is 0 Å². The normalized spacial score (nSPS) is 11.3. The van der Waals surface area contributed by atoms with Crippen LogP contribution in [0.3, 0.4) is 0 Å². The Kier molecular flexibility index (Phi) is 22.8. The average molecular weight is 582 g/mol. The van der Waals surface area contributed by atoms with E-state index in [1.807, 2.05) is 19.1 Å². The molecule has 0 aromatic heterocycles. The summed E-state index contributed by atoms with van der Waals surface area (Å²) in [6.07, 6.45) is 27.3. The number of amides is 3. The molecular weight excluding hydrogens is 522 g/mol. The molecule has 3 N–H and O–H groups in total. The zero-order valence-corrected chi connectivity index (χ0v) is 26.9. The Morgan fingerprint density at radius 2 is 0.881 bits per heavy atom. The lowest BCUT2D eigenvalue weighted by molar-refractivity contribution is 0.0952. The first-order chi connectivity index (χ1) is 20.5. The predicted octanol–water partition coefficient (Wildman–Crippen LogP) is 8.68. The van der Waals surface area contributed by atoms with Gasteiger partial charge in [0.2, 0.25) is 0 Å². The molecule has 0 unspecified atom stereocenters. The van der Waals surface area contributed by atoms with E-state index in [2.05, 4.69) is 41.9 Å². The number of nitrogens with one attached hydrogen (secondary N) is 3. The molecule has 1 aromatic carbocycles. The van der Waals surface area contributed by atoms with E-state index in [0.29, 0.717) is 36.3 Å². The van der Waals surface area contributed by atoms with Gasteiger partial charge in [0.25, 0.3) is 17.7 Å². The highest BCUT2D eigenvalue weighted by molar-refractivity contribution is 6.04. The molecule has 3 amide bonds. The molecule has 0 saturated heterocycles. The second kappa shape index (κ2) is 25.8. The Bertz CT molecular complexity index is 891. The summed E-state index contributed by atoms with van der Waals surface area (Å²) < 4.78 is 0. The molecule has 0 aliphatic carbocycles. The number of hydrogen-bond donors (Lipinski definition) is 3. The van der Waals surface area contributed by atoms with Gasteiger partial charge in [0.05, 0.1) is 0 Å². The van der Waals surface area contributed by atoms with Crippen molar-refractivity contribution in [1.29, 1.82) is 0 Å². The first-order valence-electron chi connectivity index (χ1n) is 16.8. The minimum atomic E-state index is -0.250. The van der Waals surface area contributed by atoms with Crippen LogP contribution < -0.4 is 16.0 Å². The third-order valence-corrected chi connectivity index (χ3v) is 7.37. The number of unbranched alkanes of at least 4 members (excludes halogenated alkanes) is 14. The van der Waals surface area contributed by atoms with E-state index in [-0.39, 0.29) is 17.7 Å². The van der Waals surface area contributed by atoms with Crippen molar-refractivity contribution in [2.24, 2.45) is 0 Å². The van der Waals surface area contributed by atoms with Crippen LogP contribution >= 0.6 is 0 Å². The molecule has 42 heavy (non-hydrogen) atoms. The van der Waals surface area contributed by atoms with Crippen LogP contribution in [0.5, 0.6) is 0 Å². The minimum Gasteiger partial charge on any atom is -0.352 e. The molecule has 1 aromatic rings. The highest BCUT2D eigenvalue weighted by atomic mass is 16.2. The summed E-state index contributed by atoms with van der Waals surface area (Å²) in [5.41, 5.74) is 1.05. The number of benzene rings is 1. The van der Waals surface area contributed by atoms with Gasteiger partial charge in [-0.25, -0.2) is 0 Å². The number of hydrogen-bond acceptors (Lipinski definition) is 3. The molecule has 0 aliphatic rings. The van der Waals surface area contributed by atoms with E-state index < -0.39 is 0 Å². The fourth-order valence-corrected chi connectivity index (χ4v) is 4.77. The molecule has 0 aliphatic heterocycles. The largest absolute Gasteiger partial charge is 0.352 e. The topological polar surface area (TPSA) is 87.3 Å². The molecule has 236 valence electrons. The number of carbonyl (C=O) groups is 3. The molecule has 0 spiro atoms. The molecule has 0 bridgehead atoms. The second-order valence-corrected chi connectivity index (χ2v) is 11.3. The monoisotopic (exact) mass is 581 g/mol. The van der Waals surface area contributed by atoms with Crippen LogP contribution in [-0.2, 0) is 0 Å². The fraction of sp³-hybridized carbons (Fsp3) is 0.639. The third-order valence-electron chi connectivity index (χ3n) is 7.37. The Balaban J connectivity index is 2.69. The van der Waals surface area contributed by atoms with Crippen molar-refractivity contribution in [2.75, 3.05) is 19.6 Å². The zero-order valence-electron chi connectivity index (χ0n) is 26.9. The summed E-state index contributed by atoms with van der Waals surface area (Å²) in [5, 5.41) is 8.93. The van der Waals surface area contributed by atoms with E-state index in [9.17, 15) is 14.4 Å². The van der Waals surface area contributed by atoms with Crippen molar-refractivity contribution in [2.45, 2.75) is 130 Å². The van der Waals surface area contributed by atoms with Gasteiger partial charge in [-0.05, 0) is 57.2 Å². The van der Waals surface area contributed by atoms with Crippen LogP contribution in [0.2, 0.25) is 0 Å². The standard InChI is InChI=1S/C36H59N3O3/c1-4-7-10-13-16-17-18-21-24-27-39-36(42)33-29-31(34(40)37-25-22-19-14-11-8-5-2)28-32(30-33)35(41)38-26-23-20-15-12-9-6-3/h4,7,10,13,28-30H,5-6,8-9,11-12,14-27H2,1-3H3,(H,37,40)(H,38,41)(H,39,42)/b7-4+,13-10+. The summed E-state index contributed by atoms with van der Waals surface area (Å²) in [7, 11) is 0. The highest BCUT2D eigenvalue weighted by Crippen LogP contribution is 2.13. The van der Waals surface area contributed by atoms with Gasteiger partial charge in [-0.3, -0.25) is 14.4 Å². The van der Waals surface area contributed by atoms with E-state index in [1.54, 1.807) is 18.2 Å². The molecule has 0 atom stereocenters. The maximum atomic E-state index is 13.0. The zero-order chi connectivity index (χ0) is 30.7. The Morgan fingerprint density at radius 1 is 0.524 bits per heavy atom. The van der Waals surface area contributed by atoms with Crippen molar-refractivity contribution in [1.82, 2.24) is 16.0 Å². The minimum absolute atomic E-state index is 0.244. The van der Waals surface area contributed by atoms with Crippen LogP contribution in [0.4, 0.5) is 0 Å². The van der Waals surface area contributed by atoms with Gasteiger partial charge in [0.15, 0.2) is 0 Å². The van der Waals surface area contributed by atoms with E-state index >= 15 is 0 Å². The summed E-state index contributed by atoms with van der Waals surface area (Å²) >= 11 is 0. The number of rotatable bonds is 25. The van der Waals surface area contributed by atoms with Gasteiger partial charge < -0.3 is 16.0 Å². The Morgan fingerprint density at radius 3 is 1.26 bits per heavy atom. The molecule has 0 radical (unpaired) electrons. The van der Waals surface area contributed by atoms with Crippen LogP contribution in [-0.4, -0.2) is 37.4 Å². The highest BCUT2D eigenvalue weighted by Gasteiger charge is 2.16. The van der Waals surface area contributed by atoms with E-state index in [1.165, 1.54) is 51.4 Å². The maximum Gasteiger partial charge on any atom is 0.251 e. The van der Waals surface area contributed by atoms with Crippen molar-refractivity contribution < 1.29 is 14.4 Å². The molecule has 0 heterocycles. The van der Waals surface area contributed by atoms with Crippen molar-refractivity contribution >= 4 is 17.7 Å². The number of carbonyl (C=O) groups excluding carboxylic acids is 3. The SMILES string of the molecule is C/C=C/C=C/CCCCCCNC(=O)c1cc(C(=O)NCCCCCCCC)cc(C(=O)NCCCCCCCC)c1. The van der Waals surface area contributed by atoms with Crippen LogP contribution in [0.1, 0.15) is 161 Å². The first kappa shape index (κ1) is 37.1. The maximum absolute atomic E-state index is 13.0. The predicted molar refractivity (Wildman–Crippen MR) is 177 cm³/mol. The number of allylic oxidation sites excluding steroid dienone is 4. The molecule has 0 saturated carbocycles. The third kappa shape index (κ3) is 18.5. The fourth-order valence-electron chi connectivity index (χ4n) is 4.77. The molecular formula is C36H59N3O3. The van der Waals surface area contributed by atoms with Gasteiger partial charge in [-0.15, -0.1) is 0 Å². The molecule has 6 heteroatoms. The van der Waals surface area contributed by atoms with Crippen LogP contribution in [0.15, 0.2) is 42.5 Å². The quantitative estimate of drug-likeness (QED) is 0.0797. The summed E-state index contributed by atoms with van der Waals surface area (Å²) in [6.45, 7) is 8.16. The molecule has 6 nitrogen and oxygen atoms in total. The van der Waals surface area contributed by atoms with Crippen LogP contribution in [0, 0.1) is 0 Å².